The van der Waals surface area contributed by atoms with Crippen LogP contribution in [0, 0.1) is 5.82 Å². The predicted octanol–water partition coefficient (Wildman–Crippen LogP) is 3.08. The van der Waals surface area contributed by atoms with Gasteiger partial charge < -0.3 is 0 Å². The summed E-state index contributed by atoms with van der Waals surface area (Å²) >= 11 is 1.51. The van der Waals surface area contributed by atoms with E-state index in [-0.39, 0.29) is 17.3 Å². The average molecular weight is 444 g/mol. The maximum atomic E-state index is 13.0. The minimum atomic E-state index is -3.58. The second-order valence-electron chi connectivity index (χ2n) is 6.43. The molecule has 4 aromatic rings. The van der Waals surface area contributed by atoms with Gasteiger partial charge in [0.05, 0.1) is 4.90 Å². The summed E-state index contributed by atoms with van der Waals surface area (Å²) in [6, 6.07) is 18.2. The second kappa shape index (κ2) is 8.90. The standard InChI is InChI=1S/C20H18FN5O2S2/c21-16-8-6-15(7-9-16)14-29-20-11-10-18-23-24-19(26(18)25-20)12-13-22-30(27,28)17-4-2-1-3-5-17/h1-11,22H,12-14H2. The van der Waals surface area contributed by atoms with Crippen LogP contribution in [0.4, 0.5) is 4.39 Å². The van der Waals surface area contributed by atoms with E-state index in [9.17, 15) is 12.8 Å². The molecule has 7 nitrogen and oxygen atoms in total. The predicted molar refractivity (Wildman–Crippen MR) is 112 cm³/mol. The molecule has 0 aliphatic carbocycles. The number of halogens is 1. The Bertz CT molecular complexity index is 1250. The van der Waals surface area contributed by atoms with Crippen molar-refractivity contribution in [3.05, 3.63) is 83.9 Å². The van der Waals surface area contributed by atoms with Gasteiger partial charge in [0.2, 0.25) is 10.0 Å². The van der Waals surface area contributed by atoms with E-state index in [0.717, 1.165) is 10.6 Å². The van der Waals surface area contributed by atoms with Gasteiger partial charge in [0.25, 0.3) is 0 Å². The molecule has 0 amide bonds. The van der Waals surface area contributed by atoms with Crippen molar-refractivity contribution >= 4 is 27.4 Å². The lowest BCUT2D eigenvalue weighted by Crippen LogP contribution is -2.26. The first-order chi connectivity index (χ1) is 14.5. The Kier molecular flexibility index (Phi) is 6.07. The Balaban J connectivity index is 1.42. The number of rotatable bonds is 8. The number of hydrogen-bond acceptors (Lipinski definition) is 6. The SMILES string of the molecule is O=S(=O)(NCCc1nnc2ccc(SCc3ccc(F)cc3)nn12)c1ccccc1. The van der Waals surface area contributed by atoms with Crippen LogP contribution in [0.15, 0.2) is 76.7 Å². The van der Waals surface area contributed by atoms with E-state index in [1.54, 1.807) is 47.0 Å². The fraction of sp³-hybridized carbons (Fsp3) is 0.150. The highest BCUT2D eigenvalue weighted by molar-refractivity contribution is 7.98. The molecule has 0 spiro atoms. The number of thioether (sulfide) groups is 1. The lowest BCUT2D eigenvalue weighted by Gasteiger charge is -2.06. The third-order valence-electron chi connectivity index (χ3n) is 4.30. The number of sulfonamides is 1. The van der Waals surface area contributed by atoms with Crippen LogP contribution in [0.1, 0.15) is 11.4 Å². The summed E-state index contributed by atoms with van der Waals surface area (Å²) in [5.74, 6) is 0.943. The van der Waals surface area contributed by atoms with Crippen LogP contribution in [0.5, 0.6) is 0 Å². The Labute approximate surface area is 177 Å². The van der Waals surface area contributed by atoms with Gasteiger partial charge in [-0.15, -0.1) is 10.2 Å². The van der Waals surface area contributed by atoms with Gasteiger partial charge in [0, 0.05) is 18.7 Å². The van der Waals surface area contributed by atoms with Gasteiger partial charge in [0.1, 0.15) is 10.8 Å². The van der Waals surface area contributed by atoms with Crippen LogP contribution in [0.25, 0.3) is 5.65 Å². The van der Waals surface area contributed by atoms with Gasteiger partial charge in [0.15, 0.2) is 11.5 Å². The van der Waals surface area contributed by atoms with Crippen molar-refractivity contribution in [3.8, 4) is 0 Å². The zero-order chi connectivity index (χ0) is 21.0. The molecule has 0 bridgehead atoms. The second-order valence-corrected chi connectivity index (χ2v) is 9.20. The van der Waals surface area contributed by atoms with Gasteiger partial charge in [-0.2, -0.15) is 9.61 Å². The van der Waals surface area contributed by atoms with Crippen molar-refractivity contribution in [3.63, 3.8) is 0 Å². The average Bonchev–Trinajstić information content (AvgIpc) is 3.16. The molecule has 1 N–H and O–H groups in total. The molecule has 2 heterocycles. The monoisotopic (exact) mass is 443 g/mol. The van der Waals surface area contributed by atoms with E-state index >= 15 is 0 Å². The molecule has 4 rings (SSSR count). The number of aromatic nitrogens is 4. The first-order valence-corrected chi connectivity index (χ1v) is 11.6. The van der Waals surface area contributed by atoms with E-state index in [2.05, 4.69) is 20.0 Å². The first-order valence-electron chi connectivity index (χ1n) is 9.14. The fourth-order valence-electron chi connectivity index (χ4n) is 2.77. The van der Waals surface area contributed by atoms with Crippen molar-refractivity contribution in [1.82, 2.24) is 24.5 Å². The van der Waals surface area contributed by atoms with Crippen molar-refractivity contribution in [1.29, 1.82) is 0 Å². The van der Waals surface area contributed by atoms with E-state index in [4.69, 9.17) is 0 Å². The molecule has 0 saturated carbocycles. The summed E-state index contributed by atoms with van der Waals surface area (Å²) in [6.45, 7) is 0.173. The molecule has 0 atom stereocenters. The number of fused-ring (bicyclic) bond motifs is 1. The third kappa shape index (κ3) is 4.84. The summed E-state index contributed by atoms with van der Waals surface area (Å²) in [7, 11) is -3.58. The molecule has 2 aromatic carbocycles. The molecule has 30 heavy (non-hydrogen) atoms. The highest BCUT2D eigenvalue weighted by Crippen LogP contribution is 2.21. The van der Waals surface area contributed by atoms with Gasteiger partial charge in [-0.25, -0.2) is 17.5 Å². The third-order valence-corrected chi connectivity index (χ3v) is 6.77. The molecule has 0 saturated heterocycles. The minimum Gasteiger partial charge on any atom is -0.211 e. The summed E-state index contributed by atoms with van der Waals surface area (Å²) in [5.41, 5.74) is 1.57. The van der Waals surface area contributed by atoms with E-state index in [1.807, 2.05) is 12.1 Å². The highest BCUT2D eigenvalue weighted by atomic mass is 32.2. The van der Waals surface area contributed by atoms with Crippen molar-refractivity contribution < 1.29 is 12.8 Å². The topological polar surface area (TPSA) is 89.2 Å². The van der Waals surface area contributed by atoms with Crippen LogP contribution in [-0.4, -0.2) is 34.8 Å². The zero-order valence-electron chi connectivity index (χ0n) is 15.8. The van der Waals surface area contributed by atoms with Gasteiger partial charge >= 0.3 is 0 Å². The summed E-state index contributed by atoms with van der Waals surface area (Å²) in [5, 5.41) is 13.5. The lowest BCUT2D eigenvalue weighted by atomic mass is 10.2. The summed E-state index contributed by atoms with van der Waals surface area (Å²) < 4.78 is 41.9. The van der Waals surface area contributed by atoms with Gasteiger partial charge in [-0.1, -0.05) is 42.1 Å². The molecule has 10 heteroatoms. The Morgan fingerprint density at radius 3 is 2.50 bits per heavy atom. The summed E-state index contributed by atoms with van der Waals surface area (Å²) in [4.78, 5) is 0.216. The van der Waals surface area contributed by atoms with E-state index in [1.165, 1.54) is 23.9 Å². The molecular formula is C20H18FN5O2S2. The zero-order valence-corrected chi connectivity index (χ0v) is 17.4. The van der Waals surface area contributed by atoms with Crippen LogP contribution in [-0.2, 0) is 22.2 Å². The molecule has 0 fully saturated rings. The molecule has 154 valence electrons. The Hall–Kier alpha value is -2.82. The quantitative estimate of drug-likeness (QED) is 0.421. The van der Waals surface area contributed by atoms with Crippen molar-refractivity contribution in [2.45, 2.75) is 22.1 Å². The lowest BCUT2D eigenvalue weighted by molar-refractivity contribution is 0.580. The first kappa shape index (κ1) is 20.5. The Morgan fingerprint density at radius 1 is 0.967 bits per heavy atom. The van der Waals surface area contributed by atoms with E-state index in [0.29, 0.717) is 23.6 Å². The molecular weight excluding hydrogens is 425 g/mol. The molecule has 0 aliphatic heterocycles. The van der Waals surface area contributed by atoms with Gasteiger partial charge in [-0.05, 0) is 42.0 Å². The van der Waals surface area contributed by atoms with Crippen LogP contribution >= 0.6 is 11.8 Å². The van der Waals surface area contributed by atoms with Crippen LogP contribution < -0.4 is 4.72 Å². The summed E-state index contributed by atoms with van der Waals surface area (Å²) in [6.07, 6.45) is 0.340. The largest absolute Gasteiger partial charge is 0.240 e. The molecule has 0 aliphatic rings. The number of nitrogens with one attached hydrogen (secondary N) is 1. The highest BCUT2D eigenvalue weighted by Gasteiger charge is 2.14. The Morgan fingerprint density at radius 2 is 1.73 bits per heavy atom. The molecule has 2 aromatic heterocycles. The normalized spacial score (nSPS) is 11.8. The maximum absolute atomic E-state index is 13.0. The fourth-order valence-corrected chi connectivity index (χ4v) is 4.63. The smallest absolute Gasteiger partial charge is 0.211 e. The number of nitrogens with zero attached hydrogens (tertiary/aromatic N) is 4. The molecule has 0 radical (unpaired) electrons. The minimum absolute atomic E-state index is 0.173. The van der Waals surface area contributed by atoms with Crippen LogP contribution in [0.2, 0.25) is 0 Å². The number of benzene rings is 2. The van der Waals surface area contributed by atoms with Crippen molar-refractivity contribution in [2.75, 3.05) is 6.54 Å². The van der Waals surface area contributed by atoms with Crippen molar-refractivity contribution in [2.24, 2.45) is 0 Å². The van der Waals surface area contributed by atoms with Gasteiger partial charge in [-0.3, -0.25) is 0 Å². The van der Waals surface area contributed by atoms with Crippen LogP contribution in [0.3, 0.4) is 0 Å². The maximum Gasteiger partial charge on any atom is 0.240 e. The van der Waals surface area contributed by atoms with E-state index < -0.39 is 10.0 Å². The molecule has 0 unspecified atom stereocenters. The number of hydrogen-bond donors (Lipinski definition) is 1.